The molecule has 0 aliphatic heterocycles. The number of benzene rings is 1. The fourth-order valence-corrected chi connectivity index (χ4v) is 1.38. The van der Waals surface area contributed by atoms with E-state index in [2.05, 4.69) is 0 Å². The van der Waals surface area contributed by atoms with Crippen LogP contribution in [-0.4, -0.2) is 32.4 Å². The van der Waals surface area contributed by atoms with Crippen molar-refractivity contribution >= 4 is 11.7 Å². The van der Waals surface area contributed by atoms with Crippen LogP contribution in [0.3, 0.4) is 0 Å². The normalized spacial score (nSPS) is 10.4. The lowest BCUT2D eigenvalue weighted by atomic mass is 10.2. The lowest BCUT2D eigenvalue weighted by molar-refractivity contribution is 0.0175. The van der Waals surface area contributed by atoms with Gasteiger partial charge < -0.3 is 19.9 Å². The predicted molar refractivity (Wildman–Crippen MR) is 68.8 cm³/mol. The molecule has 0 aromatic heterocycles. The predicted octanol–water partition coefficient (Wildman–Crippen LogP) is 1.86. The minimum atomic E-state index is -0.466. The van der Waals surface area contributed by atoms with Gasteiger partial charge in [0.1, 0.15) is 17.9 Å². The number of esters is 1. The van der Waals surface area contributed by atoms with Gasteiger partial charge in [-0.1, -0.05) is 0 Å². The number of nitrogen functional groups attached to an aromatic ring is 1. The van der Waals surface area contributed by atoms with Crippen molar-refractivity contribution in [1.29, 1.82) is 0 Å². The van der Waals surface area contributed by atoms with Crippen molar-refractivity contribution in [1.82, 2.24) is 0 Å². The average molecular weight is 253 g/mol. The first kappa shape index (κ1) is 14.3. The summed E-state index contributed by atoms with van der Waals surface area (Å²) < 4.78 is 15.4. The number of anilines is 1. The number of carbonyl (C=O) groups excluding carboxylic acids is 1. The number of hydrogen-bond acceptors (Lipinski definition) is 5. The number of nitrogens with two attached hydrogens (primary N) is 1. The Morgan fingerprint density at radius 2 is 2.06 bits per heavy atom. The third-order valence-electron chi connectivity index (χ3n) is 2.21. The summed E-state index contributed by atoms with van der Waals surface area (Å²) in [6, 6.07) is 4.83. The zero-order valence-corrected chi connectivity index (χ0v) is 10.9. The molecular weight excluding hydrogens is 234 g/mol. The molecule has 0 unspecified atom stereocenters. The van der Waals surface area contributed by atoms with Gasteiger partial charge in [-0.25, -0.2) is 4.79 Å². The number of methoxy groups -OCH3 is 1. The molecule has 18 heavy (non-hydrogen) atoms. The summed E-state index contributed by atoms with van der Waals surface area (Å²) in [5.41, 5.74) is 6.44. The van der Waals surface area contributed by atoms with E-state index in [1.807, 2.05) is 13.8 Å². The maximum atomic E-state index is 11.8. The van der Waals surface area contributed by atoms with Gasteiger partial charge in [0.15, 0.2) is 0 Å². The molecule has 0 radical (unpaired) electrons. The van der Waals surface area contributed by atoms with Gasteiger partial charge in [0.25, 0.3) is 0 Å². The van der Waals surface area contributed by atoms with Crippen molar-refractivity contribution < 1.29 is 19.0 Å². The molecule has 100 valence electrons. The molecule has 1 aromatic carbocycles. The zero-order valence-electron chi connectivity index (χ0n) is 10.9. The molecule has 1 rings (SSSR count). The Morgan fingerprint density at radius 3 is 2.67 bits per heavy atom. The van der Waals surface area contributed by atoms with Gasteiger partial charge in [0.05, 0.1) is 19.8 Å². The number of hydrogen-bond donors (Lipinski definition) is 1. The van der Waals surface area contributed by atoms with Gasteiger partial charge in [-0.05, 0) is 32.0 Å². The third kappa shape index (κ3) is 4.25. The first-order valence-corrected chi connectivity index (χ1v) is 5.77. The molecular formula is C13H19NO4. The summed E-state index contributed by atoms with van der Waals surface area (Å²) in [6.07, 6.45) is 0.116. The summed E-state index contributed by atoms with van der Waals surface area (Å²) in [5, 5.41) is 0. The van der Waals surface area contributed by atoms with E-state index in [1.165, 1.54) is 13.2 Å². The van der Waals surface area contributed by atoms with Gasteiger partial charge in [-0.3, -0.25) is 0 Å². The largest absolute Gasteiger partial charge is 0.496 e. The van der Waals surface area contributed by atoms with Crippen molar-refractivity contribution in [2.24, 2.45) is 0 Å². The van der Waals surface area contributed by atoms with E-state index in [9.17, 15) is 4.79 Å². The first-order valence-electron chi connectivity index (χ1n) is 5.77. The molecule has 5 nitrogen and oxygen atoms in total. The van der Waals surface area contributed by atoms with Gasteiger partial charge in [-0.2, -0.15) is 0 Å². The summed E-state index contributed by atoms with van der Waals surface area (Å²) in [6.45, 7) is 4.41. The first-order chi connectivity index (χ1) is 8.54. The zero-order chi connectivity index (χ0) is 13.5. The van der Waals surface area contributed by atoms with Crippen LogP contribution in [0.15, 0.2) is 18.2 Å². The second-order valence-electron chi connectivity index (χ2n) is 4.02. The lowest BCUT2D eigenvalue weighted by Crippen LogP contribution is -2.14. The van der Waals surface area contributed by atoms with Crippen molar-refractivity contribution in [3.8, 4) is 5.75 Å². The number of carbonyl (C=O) groups is 1. The van der Waals surface area contributed by atoms with Crippen LogP contribution in [0.5, 0.6) is 5.75 Å². The van der Waals surface area contributed by atoms with Crippen LogP contribution < -0.4 is 10.5 Å². The Hall–Kier alpha value is -1.75. The molecule has 0 saturated carbocycles. The van der Waals surface area contributed by atoms with Gasteiger partial charge >= 0.3 is 5.97 Å². The van der Waals surface area contributed by atoms with Crippen LogP contribution in [0.4, 0.5) is 5.69 Å². The average Bonchev–Trinajstić information content (AvgIpc) is 2.34. The quantitative estimate of drug-likeness (QED) is 0.476. The van der Waals surface area contributed by atoms with E-state index in [0.717, 1.165) is 0 Å². The molecule has 5 heteroatoms. The third-order valence-corrected chi connectivity index (χ3v) is 2.21. The Morgan fingerprint density at radius 1 is 1.33 bits per heavy atom. The molecule has 0 heterocycles. The summed E-state index contributed by atoms with van der Waals surface area (Å²) >= 11 is 0. The maximum absolute atomic E-state index is 11.8. The second kappa shape index (κ2) is 6.86. The van der Waals surface area contributed by atoms with E-state index in [1.54, 1.807) is 12.1 Å². The van der Waals surface area contributed by atoms with Crippen molar-refractivity contribution in [2.75, 3.05) is 26.1 Å². The SMILES string of the molecule is COc1ccc(N)cc1C(=O)OCCOC(C)C. The van der Waals surface area contributed by atoms with Crippen LogP contribution in [0.2, 0.25) is 0 Å². The topological polar surface area (TPSA) is 70.8 Å². The minimum Gasteiger partial charge on any atom is -0.496 e. The lowest BCUT2D eigenvalue weighted by Gasteiger charge is -2.10. The Kier molecular flexibility index (Phi) is 5.45. The molecule has 0 saturated heterocycles. The molecule has 0 atom stereocenters. The van der Waals surface area contributed by atoms with E-state index in [0.29, 0.717) is 23.6 Å². The Balaban J connectivity index is 2.58. The smallest absolute Gasteiger partial charge is 0.342 e. The molecule has 0 aliphatic rings. The summed E-state index contributed by atoms with van der Waals surface area (Å²) in [7, 11) is 1.49. The standard InChI is InChI=1S/C13H19NO4/c1-9(2)17-6-7-18-13(15)11-8-10(14)4-5-12(11)16-3/h4-5,8-9H,6-7,14H2,1-3H3. The highest BCUT2D eigenvalue weighted by atomic mass is 16.6. The Bertz CT molecular complexity index is 404. The molecule has 0 bridgehead atoms. The van der Waals surface area contributed by atoms with Crippen LogP contribution in [-0.2, 0) is 9.47 Å². The molecule has 0 fully saturated rings. The molecule has 0 spiro atoms. The highest BCUT2D eigenvalue weighted by molar-refractivity contribution is 5.93. The molecule has 0 aliphatic carbocycles. The maximum Gasteiger partial charge on any atom is 0.342 e. The van der Waals surface area contributed by atoms with Crippen molar-refractivity contribution in [3.05, 3.63) is 23.8 Å². The number of ether oxygens (including phenoxy) is 3. The number of rotatable bonds is 6. The van der Waals surface area contributed by atoms with Gasteiger partial charge in [-0.15, -0.1) is 0 Å². The van der Waals surface area contributed by atoms with Crippen LogP contribution >= 0.6 is 0 Å². The Labute approximate surface area is 107 Å². The van der Waals surface area contributed by atoms with Crippen LogP contribution in [0, 0.1) is 0 Å². The molecule has 1 aromatic rings. The summed E-state index contributed by atoms with van der Waals surface area (Å²) in [5.74, 6) is -0.0227. The van der Waals surface area contributed by atoms with Gasteiger partial charge in [0.2, 0.25) is 0 Å². The fraction of sp³-hybridized carbons (Fsp3) is 0.462. The van der Waals surface area contributed by atoms with Crippen LogP contribution in [0.1, 0.15) is 24.2 Å². The summed E-state index contributed by atoms with van der Waals surface area (Å²) in [4.78, 5) is 11.8. The van der Waals surface area contributed by atoms with E-state index >= 15 is 0 Å². The minimum absolute atomic E-state index is 0.116. The van der Waals surface area contributed by atoms with E-state index < -0.39 is 5.97 Å². The fourth-order valence-electron chi connectivity index (χ4n) is 1.38. The van der Waals surface area contributed by atoms with E-state index in [-0.39, 0.29) is 12.7 Å². The van der Waals surface area contributed by atoms with Crippen molar-refractivity contribution in [3.63, 3.8) is 0 Å². The highest BCUT2D eigenvalue weighted by Gasteiger charge is 2.14. The van der Waals surface area contributed by atoms with Gasteiger partial charge in [0, 0.05) is 5.69 Å². The van der Waals surface area contributed by atoms with E-state index in [4.69, 9.17) is 19.9 Å². The monoisotopic (exact) mass is 253 g/mol. The van der Waals surface area contributed by atoms with Crippen LogP contribution in [0.25, 0.3) is 0 Å². The van der Waals surface area contributed by atoms with Crippen molar-refractivity contribution in [2.45, 2.75) is 20.0 Å². The second-order valence-corrected chi connectivity index (χ2v) is 4.02. The highest BCUT2D eigenvalue weighted by Crippen LogP contribution is 2.21. The molecule has 2 N–H and O–H groups in total. The molecule has 0 amide bonds.